The van der Waals surface area contributed by atoms with E-state index in [1.807, 2.05) is 42.5 Å². The highest BCUT2D eigenvalue weighted by atomic mass is 16.5. The van der Waals surface area contributed by atoms with E-state index in [1.54, 1.807) is 13.3 Å². The van der Waals surface area contributed by atoms with E-state index < -0.39 is 0 Å². The van der Waals surface area contributed by atoms with Crippen molar-refractivity contribution in [2.45, 2.75) is 13.0 Å². The van der Waals surface area contributed by atoms with Gasteiger partial charge in [-0.15, -0.1) is 5.10 Å². The zero-order valence-electron chi connectivity index (χ0n) is 13.6. The van der Waals surface area contributed by atoms with E-state index in [1.165, 1.54) is 5.56 Å². The maximum atomic E-state index is 5.14. The molecule has 0 bridgehead atoms. The van der Waals surface area contributed by atoms with Crippen LogP contribution >= 0.6 is 0 Å². The van der Waals surface area contributed by atoms with Gasteiger partial charge in [0.05, 0.1) is 13.3 Å². The van der Waals surface area contributed by atoms with Gasteiger partial charge in [-0.1, -0.05) is 30.3 Å². The molecule has 1 aromatic heterocycles. The largest absolute Gasteiger partial charge is 0.497 e. The molecule has 0 radical (unpaired) electrons. The van der Waals surface area contributed by atoms with Crippen molar-refractivity contribution in [2.75, 3.05) is 17.7 Å². The minimum Gasteiger partial charge on any atom is -0.497 e. The fourth-order valence-corrected chi connectivity index (χ4v) is 2.28. The normalized spacial score (nSPS) is 11.6. The molecular formula is C18H19N5O. The van der Waals surface area contributed by atoms with E-state index >= 15 is 0 Å². The summed E-state index contributed by atoms with van der Waals surface area (Å²) in [6.45, 7) is 2.08. The highest BCUT2D eigenvalue weighted by Gasteiger charge is 2.07. The molecule has 0 saturated carbocycles. The van der Waals surface area contributed by atoms with Gasteiger partial charge in [-0.3, -0.25) is 0 Å². The highest BCUT2D eigenvalue weighted by Crippen LogP contribution is 2.20. The van der Waals surface area contributed by atoms with Gasteiger partial charge in [-0.2, -0.15) is 10.1 Å². The molecule has 0 saturated heterocycles. The van der Waals surface area contributed by atoms with Gasteiger partial charge in [0.2, 0.25) is 5.95 Å². The van der Waals surface area contributed by atoms with Crippen LogP contribution in [-0.4, -0.2) is 22.3 Å². The Kier molecular flexibility index (Phi) is 4.86. The molecule has 0 fully saturated rings. The van der Waals surface area contributed by atoms with Crippen molar-refractivity contribution in [2.24, 2.45) is 0 Å². The van der Waals surface area contributed by atoms with Crippen molar-refractivity contribution in [1.29, 1.82) is 0 Å². The summed E-state index contributed by atoms with van der Waals surface area (Å²) in [6, 6.07) is 17.8. The third-order valence-corrected chi connectivity index (χ3v) is 3.57. The molecule has 24 heavy (non-hydrogen) atoms. The maximum absolute atomic E-state index is 5.14. The van der Waals surface area contributed by atoms with Gasteiger partial charge >= 0.3 is 0 Å². The Hall–Kier alpha value is -3.15. The highest BCUT2D eigenvalue weighted by molar-refractivity contribution is 5.55. The van der Waals surface area contributed by atoms with Crippen LogP contribution in [0.5, 0.6) is 5.75 Å². The van der Waals surface area contributed by atoms with Crippen molar-refractivity contribution in [3.63, 3.8) is 0 Å². The third kappa shape index (κ3) is 3.98. The topological polar surface area (TPSA) is 72.0 Å². The van der Waals surface area contributed by atoms with E-state index in [9.17, 15) is 0 Å². The number of aromatic nitrogens is 3. The van der Waals surface area contributed by atoms with E-state index in [4.69, 9.17) is 4.74 Å². The predicted octanol–water partition coefficient (Wildman–Crippen LogP) is 3.80. The summed E-state index contributed by atoms with van der Waals surface area (Å²) in [5.74, 6) is 1.90. The van der Waals surface area contributed by atoms with Crippen LogP contribution in [0.2, 0.25) is 0 Å². The summed E-state index contributed by atoms with van der Waals surface area (Å²) in [5, 5.41) is 14.5. The molecule has 1 atom stereocenters. The Morgan fingerprint density at radius 2 is 1.75 bits per heavy atom. The van der Waals surface area contributed by atoms with E-state index in [2.05, 4.69) is 44.9 Å². The molecule has 0 aliphatic heterocycles. The van der Waals surface area contributed by atoms with Crippen molar-refractivity contribution >= 4 is 17.5 Å². The fraction of sp³-hybridized carbons (Fsp3) is 0.167. The monoisotopic (exact) mass is 321 g/mol. The molecule has 6 heteroatoms. The van der Waals surface area contributed by atoms with E-state index in [0.29, 0.717) is 11.8 Å². The van der Waals surface area contributed by atoms with Crippen molar-refractivity contribution in [3.05, 3.63) is 66.4 Å². The van der Waals surface area contributed by atoms with Crippen LogP contribution in [0, 0.1) is 0 Å². The molecular weight excluding hydrogens is 302 g/mol. The molecule has 3 rings (SSSR count). The van der Waals surface area contributed by atoms with Gasteiger partial charge in [-0.25, -0.2) is 0 Å². The third-order valence-electron chi connectivity index (χ3n) is 3.57. The summed E-state index contributed by atoms with van der Waals surface area (Å²) < 4.78 is 5.14. The Balaban J connectivity index is 1.69. The maximum Gasteiger partial charge on any atom is 0.249 e. The van der Waals surface area contributed by atoms with Crippen LogP contribution in [0.25, 0.3) is 0 Å². The van der Waals surface area contributed by atoms with Gasteiger partial charge in [0.15, 0.2) is 5.82 Å². The Morgan fingerprint density at radius 1 is 1.00 bits per heavy atom. The van der Waals surface area contributed by atoms with Crippen LogP contribution < -0.4 is 15.4 Å². The molecule has 122 valence electrons. The standard InChI is InChI=1S/C18H19N5O/c1-13(14-6-4-3-5-7-14)20-17-12-19-23-18(22-17)21-15-8-10-16(24-2)11-9-15/h3-13H,1-2H3,(H2,20,21,22,23). The first-order valence-electron chi connectivity index (χ1n) is 7.67. The molecule has 1 unspecified atom stereocenters. The van der Waals surface area contributed by atoms with Crippen LogP contribution in [0.3, 0.4) is 0 Å². The zero-order valence-corrected chi connectivity index (χ0v) is 13.6. The molecule has 6 nitrogen and oxygen atoms in total. The number of benzene rings is 2. The second-order valence-electron chi connectivity index (χ2n) is 5.30. The zero-order chi connectivity index (χ0) is 16.8. The molecule has 2 aromatic carbocycles. The molecule has 0 aliphatic carbocycles. The number of nitrogens with one attached hydrogen (secondary N) is 2. The van der Waals surface area contributed by atoms with Crippen molar-refractivity contribution in [1.82, 2.24) is 15.2 Å². The summed E-state index contributed by atoms with van der Waals surface area (Å²) in [6.07, 6.45) is 1.61. The molecule has 3 aromatic rings. The SMILES string of the molecule is COc1ccc(Nc2nncc(NC(C)c3ccccc3)n2)cc1. The summed E-state index contributed by atoms with van der Waals surface area (Å²) in [7, 11) is 1.64. The fourth-order valence-electron chi connectivity index (χ4n) is 2.28. The Morgan fingerprint density at radius 3 is 2.46 bits per heavy atom. The second kappa shape index (κ2) is 7.41. The lowest BCUT2D eigenvalue weighted by Gasteiger charge is -2.15. The number of nitrogens with zero attached hydrogens (tertiary/aromatic N) is 3. The minimum atomic E-state index is 0.122. The smallest absolute Gasteiger partial charge is 0.249 e. The van der Waals surface area contributed by atoms with Crippen LogP contribution in [0.4, 0.5) is 17.5 Å². The lowest BCUT2D eigenvalue weighted by atomic mass is 10.1. The van der Waals surface area contributed by atoms with Crippen LogP contribution in [0.15, 0.2) is 60.8 Å². The average molecular weight is 321 g/mol. The summed E-state index contributed by atoms with van der Waals surface area (Å²) in [4.78, 5) is 4.45. The van der Waals surface area contributed by atoms with E-state index in [-0.39, 0.29) is 6.04 Å². The van der Waals surface area contributed by atoms with Gasteiger partial charge in [0.25, 0.3) is 0 Å². The number of anilines is 3. The molecule has 0 spiro atoms. The molecule has 2 N–H and O–H groups in total. The molecule has 1 heterocycles. The van der Waals surface area contributed by atoms with Gasteiger partial charge in [0.1, 0.15) is 5.75 Å². The first-order valence-corrected chi connectivity index (χ1v) is 7.67. The average Bonchev–Trinajstić information content (AvgIpc) is 2.63. The van der Waals surface area contributed by atoms with Gasteiger partial charge in [-0.05, 0) is 36.8 Å². The Bertz CT molecular complexity index is 777. The van der Waals surface area contributed by atoms with Crippen molar-refractivity contribution in [3.8, 4) is 5.75 Å². The lowest BCUT2D eigenvalue weighted by molar-refractivity contribution is 0.415. The molecule has 0 amide bonds. The minimum absolute atomic E-state index is 0.122. The number of ether oxygens (including phenoxy) is 1. The Labute approximate surface area is 140 Å². The number of methoxy groups -OCH3 is 1. The van der Waals surface area contributed by atoms with Gasteiger partial charge in [0, 0.05) is 11.7 Å². The second-order valence-corrected chi connectivity index (χ2v) is 5.30. The quantitative estimate of drug-likeness (QED) is 0.719. The van der Waals surface area contributed by atoms with Crippen LogP contribution in [-0.2, 0) is 0 Å². The predicted molar refractivity (Wildman–Crippen MR) is 94.6 cm³/mol. The molecule has 0 aliphatic rings. The van der Waals surface area contributed by atoms with Crippen LogP contribution in [0.1, 0.15) is 18.5 Å². The lowest BCUT2D eigenvalue weighted by Crippen LogP contribution is -2.09. The summed E-state index contributed by atoms with van der Waals surface area (Å²) >= 11 is 0. The van der Waals surface area contributed by atoms with Gasteiger partial charge < -0.3 is 15.4 Å². The first-order chi connectivity index (χ1) is 11.7. The van der Waals surface area contributed by atoms with E-state index in [0.717, 1.165) is 11.4 Å². The van der Waals surface area contributed by atoms with Crippen molar-refractivity contribution < 1.29 is 4.74 Å². The number of rotatable bonds is 6. The first kappa shape index (κ1) is 15.7. The number of hydrogen-bond donors (Lipinski definition) is 2. The number of hydrogen-bond acceptors (Lipinski definition) is 6. The summed E-state index contributed by atoms with van der Waals surface area (Å²) in [5.41, 5.74) is 2.05.